The van der Waals surface area contributed by atoms with Gasteiger partial charge in [-0.15, -0.1) is 0 Å². The van der Waals surface area contributed by atoms with Crippen molar-refractivity contribution in [1.82, 2.24) is 0 Å². The zero-order chi connectivity index (χ0) is 21.6. The lowest BCUT2D eigenvalue weighted by atomic mass is 10.1. The summed E-state index contributed by atoms with van der Waals surface area (Å²) in [5, 5.41) is 9.57. The molecule has 0 atom stereocenters. The lowest BCUT2D eigenvalue weighted by Gasteiger charge is -2.14. The summed E-state index contributed by atoms with van der Waals surface area (Å²) in [6.07, 6.45) is 1.31. The zero-order valence-electron chi connectivity index (χ0n) is 16.7. The molecule has 3 aromatic rings. The zero-order valence-corrected chi connectivity index (χ0v) is 17.5. The molecule has 6 heteroatoms. The first-order valence-corrected chi connectivity index (χ1v) is 10.7. The molecule has 0 heterocycles. The fourth-order valence-electron chi connectivity index (χ4n) is 2.84. The maximum atomic E-state index is 12.9. The molecular weight excluding hydrogens is 398 g/mol. The molecule has 0 N–H and O–H groups in total. The molecule has 0 aliphatic heterocycles. The number of hydrogen-bond donors (Lipinski definition) is 0. The Kier molecular flexibility index (Phi) is 6.55. The van der Waals surface area contributed by atoms with Gasteiger partial charge in [-0.05, 0) is 36.8 Å². The van der Waals surface area contributed by atoms with E-state index in [0.29, 0.717) is 17.1 Å². The van der Waals surface area contributed by atoms with Gasteiger partial charge in [0, 0.05) is 5.56 Å². The van der Waals surface area contributed by atoms with E-state index in [1.165, 1.54) is 25.3 Å². The van der Waals surface area contributed by atoms with E-state index in [2.05, 4.69) is 0 Å². The molecule has 0 aliphatic rings. The summed E-state index contributed by atoms with van der Waals surface area (Å²) in [5.74, 6) is 0.821. The smallest absolute Gasteiger partial charge is 0.216 e. The summed E-state index contributed by atoms with van der Waals surface area (Å²) >= 11 is 0. The van der Waals surface area contributed by atoms with Crippen molar-refractivity contribution in [2.24, 2.45) is 0 Å². The van der Waals surface area contributed by atoms with Crippen molar-refractivity contribution < 1.29 is 17.9 Å². The summed E-state index contributed by atoms with van der Waals surface area (Å²) in [5.41, 5.74) is 2.54. The molecule has 30 heavy (non-hydrogen) atoms. The SMILES string of the molecule is COc1cccc(C=C(C#N)S(=O)(=O)c2ccccc2)c1OCc1ccc(C)cc1. The van der Waals surface area contributed by atoms with Crippen LogP contribution in [0.25, 0.3) is 6.08 Å². The molecule has 0 amide bonds. The van der Waals surface area contributed by atoms with E-state index in [1.807, 2.05) is 37.3 Å². The van der Waals surface area contributed by atoms with Crippen LogP contribution >= 0.6 is 0 Å². The van der Waals surface area contributed by atoms with Crippen molar-refractivity contribution in [3.8, 4) is 17.6 Å². The van der Waals surface area contributed by atoms with Crippen molar-refractivity contribution in [3.05, 3.63) is 94.4 Å². The van der Waals surface area contributed by atoms with Crippen LogP contribution in [0.1, 0.15) is 16.7 Å². The number of sulfone groups is 1. The Morgan fingerprint density at radius 3 is 2.33 bits per heavy atom. The molecule has 0 fully saturated rings. The molecule has 152 valence electrons. The van der Waals surface area contributed by atoms with E-state index in [-0.39, 0.29) is 16.4 Å². The van der Waals surface area contributed by atoms with Crippen LogP contribution in [0.5, 0.6) is 11.5 Å². The molecule has 0 saturated heterocycles. The van der Waals surface area contributed by atoms with Gasteiger partial charge in [-0.3, -0.25) is 0 Å². The van der Waals surface area contributed by atoms with E-state index in [0.717, 1.165) is 11.1 Å². The third kappa shape index (κ3) is 4.70. The van der Waals surface area contributed by atoms with Crippen LogP contribution in [-0.2, 0) is 16.4 Å². The van der Waals surface area contributed by atoms with E-state index < -0.39 is 9.84 Å². The molecule has 0 bridgehead atoms. The molecule has 0 aliphatic carbocycles. The van der Waals surface area contributed by atoms with E-state index in [4.69, 9.17) is 9.47 Å². The van der Waals surface area contributed by atoms with Crippen LogP contribution in [0.4, 0.5) is 0 Å². The van der Waals surface area contributed by atoms with Crippen LogP contribution < -0.4 is 9.47 Å². The largest absolute Gasteiger partial charge is 0.493 e. The van der Waals surface area contributed by atoms with Gasteiger partial charge in [-0.2, -0.15) is 5.26 Å². The number of aryl methyl sites for hydroxylation is 1. The maximum Gasteiger partial charge on any atom is 0.216 e. The predicted octanol–water partition coefficient (Wildman–Crippen LogP) is 4.92. The number of nitrogens with zero attached hydrogens (tertiary/aromatic N) is 1. The van der Waals surface area contributed by atoms with Gasteiger partial charge in [-0.25, -0.2) is 8.42 Å². The summed E-state index contributed by atoms with van der Waals surface area (Å²) in [7, 11) is -2.45. The minimum Gasteiger partial charge on any atom is -0.493 e. The number of benzene rings is 3. The van der Waals surface area contributed by atoms with Crippen LogP contribution in [0, 0.1) is 18.3 Å². The first kappa shape index (κ1) is 21.2. The van der Waals surface area contributed by atoms with Gasteiger partial charge < -0.3 is 9.47 Å². The highest BCUT2D eigenvalue weighted by molar-refractivity contribution is 7.95. The summed E-state index contributed by atoms with van der Waals surface area (Å²) in [6, 6.07) is 22.7. The number of ether oxygens (including phenoxy) is 2. The third-order valence-corrected chi connectivity index (χ3v) is 6.15. The Morgan fingerprint density at radius 2 is 1.70 bits per heavy atom. The average molecular weight is 420 g/mol. The summed E-state index contributed by atoms with van der Waals surface area (Å²) < 4.78 is 37.1. The summed E-state index contributed by atoms with van der Waals surface area (Å²) in [4.78, 5) is -0.315. The second kappa shape index (κ2) is 9.29. The standard InChI is InChI=1S/C24H21NO4S/c1-18-11-13-19(14-12-18)17-29-24-20(7-6-10-23(24)28-2)15-22(16-25)30(26,27)21-8-4-3-5-9-21/h3-15H,17H2,1-2H3. The minimum atomic E-state index is -3.95. The molecule has 0 aromatic heterocycles. The molecule has 0 radical (unpaired) electrons. The Morgan fingerprint density at radius 1 is 1.00 bits per heavy atom. The van der Waals surface area contributed by atoms with E-state index in [9.17, 15) is 13.7 Å². The van der Waals surface area contributed by atoms with E-state index in [1.54, 1.807) is 36.4 Å². The Labute approximate surface area is 176 Å². The highest BCUT2D eigenvalue weighted by Gasteiger charge is 2.21. The van der Waals surface area contributed by atoms with Crippen LogP contribution in [0.15, 0.2) is 82.6 Å². The van der Waals surface area contributed by atoms with Crippen molar-refractivity contribution in [1.29, 1.82) is 5.26 Å². The molecular formula is C24H21NO4S. The van der Waals surface area contributed by atoms with Gasteiger partial charge in [0.25, 0.3) is 0 Å². The monoisotopic (exact) mass is 419 g/mol. The van der Waals surface area contributed by atoms with Gasteiger partial charge in [0.2, 0.25) is 9.84 Å². The van der Waals surface area contributed by atoms with Gasteiger partial charge in [0.1, 0.15) is 17.6 Å². The number of nitriles is 1. The molecule has 0 unspecified atom stereocenters. The van der Waals surface area contributed by atoms with E-state index >= 15 is 0 Å². The predicted molar refractivity (Wildman–Crippen MR) is 116 cm³/mol. The first-order chi connectivity index (χ1) is 14.5. The fourth-order valence-corrected chi connectivity index (χ4v) is 4.01. The minimum absolute atomic E-state index is 0.0582. The quantitative estimate of drug-likeness (QED) is 0.508. The number of para-hydroxylation sites is 1. The Hall–Kier alpha value is -3.56. The maximum absolute atomic E-state index is 12.9. The molecule has 0 spiro atoms. The number of methoxy groups -OCH3 is 1. The van der Waals surface area contributed by atoms with Gasteiger partial charge in [0.05, 0.1) is 12.0 Å². The topological polar surface area (TPSA) is 76.4 Å². The number of hydrogen-bond acceptors (Lipinski definition) is 5. The van der Waals surface area contributed by atoms with Crippen molar-refractivity contribution in [3.63, 3.8) is 0 Å². The molecule has 5 nitrogen and oxygen atoms in total. The van der Waals surface area contributed by atoms with Crippen molar-refractivity contribution >= 4 is 15.9 Å². The summed E-state index contributed by atoms with van der Waals surface area (Å²) in [6.45, 7) is 2.28. The number of allylic oxidation sites excluding steroid dienone is 1. The Balaban J connectivity index is 2.00. The fraction of sp³-hybridized carbons (Fsp3) is 0.125. The lowest BCUT2D eigenvalue weighted by molar-refractivity contribution is 0.284. The molecule has 3 aromatic carbocycles. The van der Waals surface area contributed by atoms with Crippen molar-refractivity contribution in [2.75, 3.05) is 7.11 Å². The third-order valence-electron chi connectivity index (χ3n) is 4.47. The van der Waals surface area contributed by atoms with Crippen LogP contribution in [0.3, 0.4) is 0 Å². The Bertz CT molecular complexity index is 1190. The van der Waals surface area contributed by atoms with Gasteiger partial charge in [0.15, 0.2) is 11.5 Å². The second-order valence-corrected chi connectivity index (χ2v) is 8.51. The molecule has 0 saturated carbocycles. The van der Waals surface area contributed by atoms with Gasteiger partial charge in [-0.1, -0.05) is 60.2 Å². The van der Waals surface area contributed by atoms with Crippen molar-refractivity contribution in [2.45, 2.75) is 18.4 Å². The highest BCUT2D eigenvalue weighted by Crippen LogP contribution is 2.34. The van der Waals surface area contributed by atoms with Crippen LogP contribution in [-0.4, -0.2) is 15.5 Å². The normalized spacial score (nSPS) is 11.6. The highest BCUT2D eigenvalue weighted by atomic mass is 32.2. The second-order valence-electron chi connectivity index (χ2n) is 6.59. The molecule has 3 rings (SSSR count). The lowest BCUT2D eigenvalue weighted by Crippen LogP contribution is -2.04. The average Bonchev–Trinajstić information content (AvgIpc) is 2.77. The van der Waals surface area contributed by atoms with Gasteiger partial charge >= 0.3 is 0 Å². The number of rotatable bonds is 7. The van der Waals surface area contributed by atoms with Crippen LogP contribution in [0.2, 0.25) is 0 Å². The first-order valence-electron chi connectivity index (χ1n) is 9.23.